The molecule has 0 saturated carbocycles. The maximum Gasteiger partial charge on any atom is 0.206 e. The summed E-state index contributed by atoms with van der Waals surface area (Å²) in [7, 11) is -3.48. The summed E-state index contributed by atoms with van der Waals surface area (Å²) < 4.78 is 24.5. The molecule has 0 heterocycles. The molecule has 0 aliphatic rings. The summed E-state index contributed by atoms with van der Waals surface area (Å²) in [4.78, 5) is 0.459. The zero-order valence-electron chi connectivity index (χ0n) is 10.3. The van der Waals surface area contributed by atoms with Crippen molar-refractivity contribution in [2.45, 2.75) is 13.8 Å². The average Bonchev–Trinajstić information content (AvgIpc) is 2.29. The van der Waals surface area contributed by atoms with Crippen LogP contribution in [0.5, 0.6) is 0 Å². The summed E-state index contributed by atoms with van der Waals surface area (Å²) in [6.07, 6.45) is 12.3. The molecule has 0 aliphatic carbocycles. The van der Waals surface area contributed by atoms with Crippen LogP contribution in [-0.2, 0) is 9.84 Å². The van der Waals surface area contributed by atoms with E-state index in [4.69, 9.17) is 0 Å². The lowest BCUT2D eigenvalue weighted by Gasteiger charge is -2.05. The molecule has 2 nitrogen and oxygen atoms in total. The van der Waals surface area contributed by atoms with E-state index in [1.54, 1.807) is 38.2 Å². The highest BCUT2D eigenvalue weighted by Crippen LogP contribution is 2.20. The van der Waals surface area contributed by atoms with Gasteiger partial charge in [0, 0.05) is 0 Å². The van der Waals surface area contributed by atoms with Crippen molar-refractivity contribution in [3.8, 4) is 0 Å². The Morgan fingerprint density at radius 1 is 1.00 bits per heavy atom. The summed E-state index contributed by atoms with van der Waals surface area (Å²) >= 11 is 0. The molecule has 0 rings (SSSR count). The molecule has 0 N–H and O–H groups in total. The topological polar surface area (TPSA) is 34.1 Å². The van der Waals surface area contributed by atoms with Gasteiger partial charge in [-0.3, -0.25) is 0 Å². The molecule has 0 atom stereocenters. The third kappa shape index (κ3) is 4.41. The van der Waals surface area contributed by atoms with Crippen molar-refractivity contribution in [1.29, 1.82) is 0 Å². The van der Waals surface area contributed by atoms with Gasteiger partial charge in [0.1, 0.15) is 0 Å². The first-order valence-electron chi connectivity index (χ1n) is 5.20. The van der Waals surface area contributed by atoms with E-state index in [2.05, 4.69) is 13.2 Å². The zero-order chi connectivity index (χ0) is 13.3. The van der Waals surface area contributed by atoms with Gasteiger partial charge in [-0.05, 0) is 32.1 Å². The van der Waals surface area contributed by atoms with Crippen LogP contribution >= 0.6 is 0 Å². The molecule has 0 unspecified atom stereocenters. The number of hydrogen-bond acceptors (Lipinski definition) is 2. The normalized spacial score (nSPS) is 14.5. The molecule has 92 valence electrons. The molecule has 17 heavy (non-hydrogen) atoms. The minimum atomic E-state index is -3.48. The van der Waals surface area contributed by atoms with Crippen LogP contribution in [0.2, 0.25) is 0 Å². The fourth-order valence-corrected chi connectivity index (χ4v) is 2.59. The van der Waals surface area contributed by atoms with Crippen LogP contribution in [-0.4, -0.2) is 8.42 Å². The van der Waals surface area contributed by atoms with Crippen molar-refractivity contribution in [2.24, 2.45) is 0 Å². The van der Waals surface area contributed by atoms with E-state index >= 15 is 0 Å². The second-order valence-electron chi connectivity index (χ2n) is 3.09. The molecule has 0 saturated heterocycles. The molecule has 0 radical (unpaired) electrons. The van der Waals surface area contributed by atoms with Crippen LogP contribution in [0.4, 0.5) is 0 Å². The molecule has 0 amide bonds. The van der Waals surface area contributed by atoms with Crippen LogP contribution in [0, 0.1) is 0 Å². The van der Waals surface area contributed by atoms with Gasteiger partial charge in [-0.15, -0.1) is 0 Å². The molecular weight excluding hydrogens is 232 g/mol. The van der Waals surface area contributed by atoms with Crippen molar-refractivity contribution in [3.05, 3.63) is 71.6 Å². The smallest absolute Gasteiger partial charge is 0.206 e. The lowest BCUT2D eigenvalue weighted by atomic mass is 10.4. The zero-order valence-corrected chi connectivity index (χ0v) is 11.1. The summed E-state index contributed by atoms with van der Waals surface area (Å²) in [5.74, 6) is 0. The summed E-state index contributed by atoms with van der Waals surface area (Å²) in [6, 6.07) is 0. The van der Waals surface area contributed by atoms with Gasteiger partial charge in [-0.1, -0.05) is 43.5 Å². The standard InChI is InChI=1S/C14H18O2S/c1-5-9-12-13(8-4)17(15,16)14(10-6-2)11-7-3/h5-12H,1-2H2,3-4H3/b11-7-,12-9-,13-8+,14-10+. The molecule has 0 bridgehead atoms. The Kier molecular flexibility index (Phi) is 6.91. The van der Waals surface area contributed by atoms with E-state index in [1.165, 1.54) is 24.3 Å². The maximum absolute atomic E-state index is 12.2. The van der Waals surface area contributed by atoms with Crippen molar-refractivity contribution >= 4 is 9.84 Å². The van der Waals surface area contributed by atoms with E-state index < -0.39 is 9.84 Å². The van der Waals surface area contributed by atoms with Gasteiger partial charge in [-0.25, -0.2) is 8.42 Å². The highest BCUT2D eigenvalue weighted by molar-refractivity contribution is 7.99. The van der Waals surface area contributed by atoms with Gasteiger partial charge in [0.25, 0.3) is 0 Å². The van der Waals surface area contributed by atoms with Crippen LogP contribution < -0.4 is 0 Å². The van der Waals surface area contributed by atoms with Crippen molar-refractivity contribution in [2.75, 3.05) is 0 Å². The van der Waals surface area contributed by atoms with Crippen molar-refractivity contribution in [1.82, 2.24) is 0 Å². The third-order valence-corrected chi connectivity index (χ3v) is 3.80. The van der Waals surface area contributed by atoms with E-state index in [-0.39, 0.29) is 9.81 Å². The SMILES string of the molecule is C=C/C=C\C(=C/C)S(=O)(=O)C(/C=C\C)=C/C=C. The summed E-state index contributed by atoms with van der Waals surface area (Å²) in [5.41, 5.74) is 0. The Bertz CT molecular complexity index is 486. The number of rotatable bonds is 6. The lowest BCUT2D eigenvalue weighted by molar-refractivity contribution is 0.609. The Morgan fingerprint density at radius 3 is 2.06 bits per heavy atom. The predicted octanol–water partition coefficient (Wildman–Crippen LogP) is 3.69. The molecule has 0 fully saturated rings. The first-order chi connectivity index (χ1) is 8.04. The van der Waals surface area contributed by atoms with Crippen LogP contribution in [0.3, 0.4) is 0 Å². The van der Waals surface area contributed by atoms with Crippen LogP contribution in [0.15, 0.2) is 71.6 Å². The van der Waals surface area contributed by atoms with Gasteiger partial charge in [-0.2, -0.15) is 0 Å². The van der Waals surface area contributed by atoms with Gasteiger partial charge in [0.2, 0.25) is 9.84 Å². The quantitative estimate of drug-likeness (QED) is 0.674. The number of sulfone groups is 1. The van der Waals surface area contributed by atoms with Crippen molar-refractivity contribution < 1.29 is 8.42 Å². The molecular formula is C14H18O2S. The number of hydrogen-bond donors (Lipinski definition) is 0. The number of allylic oxidation sites excluding steroid dienone is 8. The van der Waals surface area contributed by atoms with E-state index in [9.17, 15) is 8.42 Å². The largest absolute Gasteiger partial charge is 0.219 e. The molecule has 0 aromatic rings. The Balaban J connectivity index is 5.66. The Hall–Kier alpha value is -1.61. The molecule has 3 heteroatoms. The molecule has 0 spiro atoms. The minimum absolute atomic E-state index is 0.219. The second-order valence-corrected chi connectivity index (χ2v) is 5.04. The fraction of sp³-hybridized carbons (Fsp3) is 0.143. The molecule has 0 aliphatic heterocycles. The van der Waals surface area contributed by atoms with Crippen LogP contribution in [0.25, 0.3) is 0 Å². The Morgan fingerprint density at radius 2 is 1.65 bits per heavy atom. The molecule has 0 aromatic heterocycles. The van der Waals surface area contributed by atoms with Crippen molar-refractivity contribution in [3.63, 3.8) is 0 Å². The van der Waals surface area contributed by atoms with Gasteiger partial charge in [0.05, 0.1) is 9.81 Å². The van der Waals surface area contributed by atoms with Crippen LogP contribution in [0.1, 0.15) is 13.8 Å². The first-order valence-corrected chi connectivity index (χ1v) is 6.68. The van der Waals surface area contributed by atoms with Gasteiger partial charge >= 0.3 is 0 Å². The van der Waals surface area contributed by atoms with E-state index in [0.717, 1.165) is 0 Å². The fourth-order valence-electron chi connectivity index (χ4n) is 1.16. The third-order valence-electron chi connectivity index (χ3n) is 1.91. The predicted molar refractivity (Wildman–Crippen MR) is 75.1 cm³/mol. The van der Waals surface area contributed by atoms with E-state index in [1.807, 2.05) is 0 Å². The first kappa shape index (κ1) is 15.4. The Labute approximate surface area is 104 Å². The summed E-state index contributed by atoms with van der Waals surface area (Å²) in [6.45, 7) is 10.5. The van der Waals surface area contributed by atoms with Gasteiger partial charge < -0.3 is 0 Å². The second kappa shape index (κ2) is 7.63. The molecule has 0 aromatic carbocycles. The highest BCUT2D eigenvalue weighted by Gasteiger charge is 2.17. The maximum atomic E-state index is 12.2. The monoisotopic (exact) mass is 250 g/mol. The summed E-state index contributed by atoms with van der Waals surface area (Å²) in [5, 5.41) is 0. The van der Waals surface area contributed by atoms with Gasteiger partial charge in [0.15, 0.2) is 0 Å². The lowest BCUT2D eigenvalue weighted by Crippen LogP contribution is -2.04. The average molecular weight is 250 g/mol. The van der Waals surface area contributed by atoms with E-state index in [0.29, 0.717) is 0 Å². The highest BCUT2D eigenvalue weighted by atomic mass is 32.2. The minimum Gasteiger partial charge on any atom is -0.219 e.